The zero-order chi connectivity index (χ0) is 19.8. The summed E-state index contributed by atoms with van der Waals surface area (Å²) in [6.07, 6.45) is 0.722. The third kappa shape index (κ3) is 5.93. The molecule has 0 aliphatic carbocycles. The van der Waals surface area contributed by atoms with Crippen LogP contribution in [-0.4, -0.2) is 43.5 Å². The second-order valence-electron chi connectivity index (χ2n) is 5.39. The number of thiophene rings is 1. The predicted octanol–water partition coefficient (Wildman–Crippen LogP) is 2.06. The number of amides is 4. The SMILES string of the molecule is CCCNC(=O)NC(=O)COC(=O)CNC(=O)c1sc2ccccc2c1Cl. The molecule has 0 atom stereocenters. The standard InChI is InChI=1S/C17H18ClN3O5S/c1-2-7-19-17(25)21-12(22)9-26-13(23)8-20-16(24)15-14(18)10-5-3-4-6-11(10)27-15/h3-6H,2,7-9H2,1H3,(H,20,24)(H2,19,21,22,25). The van der Waals surface area contributed by atoms with Crippen LogP contribution in [0.1, 0.15) is 23.0 Å². The van der Waals surface area contributed by atoms with E-state index in [-0.39, 0.29) is 4.88 Å². The Morgan fingerprint density at radius 1 is 1.15 bits per heavy atom. The molecule has 1 heterocycles. The van der Waals surface area contributed by atoms with Crippen molar-refractivity contribution in [1.29, 1.82) is 0 Å². The zero-order valence-electron chi connectivity index (χ0n) is 14.5. The number of fused-ring (bicyclic) bond motifs is 1. The molecule has 4 amide bonds. The van der Waals surface area contributed by atoms with Crippen LogP contribution in [0.5, 0.6) is 0 Å². The van der Waals surface area contributed by atoms with Crippen LogP contribution in [0.3, 0.4) is 0 Å². The van der Waals surface area contributed by atoms with E-state index in [0.717, 1.165) is 16.5 Å². The molecule has 0 radical (unpaired) electrons. The van der Waals surface area contributed by atoms with E-state index < -0.39 is 37.0 Å². The van der Waals surface area contributed by atoms with E-state index in [1.807, 2.05) is 30.4 Å². The number of ether oxygens (including phenoxy) is 1. The van der Waals surface area contributed by atoms with Crippen LogP contribution in [0.4, 0.5) is 4.79 Å². The van der Waals surface area contributed by atoms with E-state index in [1.54, 1.807) is 6.07 Å². The van der Waals surface area contributed by atoms with Gasteiger partial charge in [-0.25, -0.2) is 4.79 Å². The van der Waals surface area contributed by atoms with E-state index in [1.165, 1.54) is 11.3 Å². The molecule has 27 heavy (non-hydrogen) atoms. The highest BCUT2D eigenvalue weighted by atomic mass is 35.5. The molecule has 0 saturated carbocycles. The first-order chi connectivity index (χ1) is 12.9. The summed E-state index contributed by atoms with van der Waals surface area (Å²) in [5.74, 6) is -2.10. The molecule has 1 aromatic heterocycles. The topological polar surface area (TPSA) is 114 Å². The summed E-state index contributed by atoms with van der Waals surface area (Å²) in [5.41, 5.74) is 0. The van der Waals surface area contributed by atoms with E-state index in [9.17, 15) is 19.2 Å². The Bertz CT molecular complexity index is 867. The Labute approximate surface area is 164 Å². The number of esters is 1. The quantitative estimate of drug-likeness (QED) is 0.603. The van der Waals surface area contributed by atoms with Crippen LogP contribution >= 0.6 is 22.9 Å². The van der Waals surface area contributed by atoms with E-state index in [4.69, 9.17) is 16.3 Å². The normalized spacial score (nSPS) is 10.3. The third-order valence-corrected chi connectivity index (χ3v) is 4.96. The molecule has 0 aliphatic heterocycles. The van der Waals surface area contributed by atoms with Crippen LogP contribution < -0.4 is 16.0 Å². The van der Waals surface area contributed by atoms with Crippen molar-refractivity contribution in [2.24, 2.45) is 0 Å². The number of carbonyl (C=O) groups is 4. The lowest BCUT2D eigenvalue weighted by atomic mass is 10.2. The summed E-state index contributed by atoms with van der Waals surface area (Å²) in [7, 11) is 0. The minimum Gasteiger partial charge on any atom is -0.454 e. The van der Waals surface area contributed by atoms with Crippen LogP contribution in [-0.2, 0) is 14.3 Å². The Hall–Kier alpha value is -2.65. The highest BCUT2D eigenvalue weighted by molar-refractivity contribution is 7.21. The molecular formula is C17H18ClN3O5S. The molecular weight excluding hydrogens is 394 g/mol. The van der Waals surface area contributed by atoms with E-state index in [0.29, 0.717) is 11.6 Å². The van der Waals surface area contributed by atoms with Gasteiger partial charge in [-0.05, 0) is 12.5 Å². The molecule has 2 aromatic rings. The van der Waals surface area contributed by atoms with Crippen molar-refractivity contribution >= 4 is 56.8 Å². The first-order valence-corrected chi connectivity index (χ1v) is 9.30. The summed E-state index contributed by atoms with van der Waals surface area (Å²) in [4.78, 5) is 46.9. The van der Waals surface area contributed by atoms with Crippen molar-refractivity contribution < 1.29 is 23.9 Å². The number of nitrogens with one attached hydrogen (secondary N) is 3. The van der Waals surface area contributed by atoms with Gasteiger partial charge < -0.3 is 15.4 Å². The molecule has 0 bridgehead atoms. The van der Waals surface area contributed by atoms with Crippen molar-refractivity contribution in [3.05, 3.63) is 34.2 Å². The lowest BCUT2D eigenvalue weighted by molar-refractivity contribution is -0.147. The van der Waals surface area contributed by atoms with Crippen LogP contribution in [0, 0.1) is 0 Å². The van der Waals surface area contributed by atoms with Gasteiger partial charge in [0.15, 0.2) is 6.61 Å². The van der Waals surface area contributed by atoms with Gasteiger partial charge in [-0.1, -0.05) is 36.7 Å². The Kier molecular flexibility index (Phi) is 7.56. The number of hydrogen-bond acceptors (Lipinski definition) is 6. The van der Waals surface area contributed by atoms with Gasteiger partial charge in [0.1, 0.15) is 11.4 Å². The molecule has 10 heteroatoms. The first kappa shape index (κ1) is 20.7. The fourth-order valence-electron chi connectivity index (χ4n) is 2.04. The van der Waals surface area contributed by atoms with Crippen LogP contribution in [0.2, 0.25) is 5.02 Å². The molecule has 1 aromatic carbocycles. The monoisotopic (exact) mass is 411 g/mol. The predicted molar refractivity (Wildman–Crippen MR) is 102 cm³/mol. The second kappa shape index (κ2) is 9.89. The Morgan fingerprint density at radius 2 is 1.89 bits per heavy atom. The molecule has 0 saturated heterocycles. The highest BCUT2D eigenvalue weighted by Crippen LogP contribution is 2.34. The van der Waals surface area contributed by atoms with Crippen LogP contribution in [0.25, 0.3) is 10.1 Å². The number of benzene rings is 1. The third-order valence-electron chi connectivity index (χ3n) is 3.29. The Morgan fingerprint density at radius 3 is 2.59 bits per heavy atom. The van der Waals surface area contributed by atoms with E-state index >= 15 is 0 Å². The van der Waals surface area contributed by atoms with Crippen molar-refractivity contribution in [2.75, 3.05) is 19.7 Å². The average molecular weight is 412 g/mol. The van der Waals surface area contributed by atoms with Gasteiger partial charge in [0.2, 0.25) is 0 Å². The minimum absolute atomic E-state index is 0.288. The maximum absolute atomic E-state index is 12.2. The van der Waals surface area contributed by atoms with Gasteiger partial charge in [-0.2, -0.15) is 0 Å². The van der Waals surface area contributed by atoms with Crippen molar-refractivity contribution in [3.63, 3.8) is 0 Å². The lowest BCUT2D eigenvalue weighted by Crippen LogP contribution is -2.42. The fraction of sp³-hybridized carbons (Fsp3) is 0.294. The van der Waals surface area contributed by atoms with Gasteiger partial charge in [0, 0.05) is 16.6 Å². The zero-order valence-corrected chi connectivity index (χ0v) is 16.0. The summed E-state index contributed by atoms with van der Waals surface area (Å²) < 4.78 is 5.56. The highest BCUT2D eigenvalue weighted by Gasteiger charge is 2.18. The first-order valence-electron chi connectivity index (χ1n) is 8.11. The molecule has 0 fully saturated rings. The maximum Gasteiger partial charge on any atom is 0.325 e. The van der Waals surface area contributed by atoms with Crippen molar-refractivity contribution in [2.45, 2.75) is 13.3 Å². The van der Waals surface area contributed by atoms with Gasteiger partial charge in [-0.15, -0.1) is 11.3 Å². The van der Waals surface area contributed by atoms with Gasteiger partial charge in [-0.3, -0.25) is 19.7 Å². The van der Waals surface area contributed by atoms with Crippen molar-refractivity contribution in [3.8, 4) is 0 Å². The molecule has 0 spiro atoms. The number of urea groups is 1. The smallest absolute Gasteiger partial charge is 0.325 e. The van der Waals surface area contributed by atoms with Gasteiger partial charge >= 0.3 is 12.0 Å². The molecule has 0 unspecified atom stereocenters. The maximum atomic E-state index is 12.2. The Balaban J connectivity index is 1.78. The summed E-state index contributed by atoms with van der Waals surface area (Å²) in [5, 5.41) is 7.93. The number of carbonyl (C=O) groups excluding carboxylic acids is 4. The number of rotatable bonds is 7. The summed E-state index contributed by atoms with van der Waals surface area (Å²) >= 11 is 7.41. The summed E-state index contributed by atoms with van der Waals surface area (Å²) in [6, 6.07) is 6.63. The molecule has 0 aliphatic rings. The molecule has 144 valence electrons. The number of halogens is 1. The van der Waals surface area contributed by atoms with Crippen LogP contribution in [0.15, 0.2) is 24.3 Å². The van der Waals surface area contributed by atoms with Gasteiger partial charge in [0.05, 0.1) is 5.02 Å². The van der Waals surface area contributed by atoms with E-state index in [2.05, 4.69) is 10.6 Å². The largest absolute Gasteiger partial charge is 0.454 e. The number of imide groups is 1. The number of hydrogen-bond donors (Lipinski definition) is 3. The second-order valence-corrected chi connectivity index (χ2v) is 6.82. The average Bonchev–Trinajstić information content (AvgIpc) is 3.00. The fourth-order valence-corrected chi connectivity index (χ4v) is 3.47. The molecule has 3 N–H and O–H groups in total. The van der Waals surface area contributed by atoms with Gasteiger partial charge in [0.25, 0.3) is 11.8 Å². The lowest BCUT2D eigenvalue weighted by Gasteiger charge is -2.07. The summed E-state index contributed by atoms with van der Waals surface area (Å²) in [6.45, 7) is 1.23. The van der Waals surface area contributed by atoms with Crippen molar-refractivity contribution in [1.82, 2.24) is 16.0 Å². The molecule has 8 nitrogen and oxygen atoms in total. The molecule has 2 rings (SSSR count). The minimum atomic E-state index is -0.815.